The highest BCUT2D eigenvalue weighted by molar-refractivity contribution is 6.00. The van der Waals surface area contributed by atoms with Crippen molar-refractivity contribution >= 4 is 23.4 Å². The standard InChI is InChI=1S/C43H66N2O5/c1-24(2)35-32(47)23-42(19-20-45-38(50)43(44)14-8-15-43)18-12-30-27(36(35)42)9-10-34-40(30,6)17-13-33-39(4,5)26(11-16-41(33,34)7)21-31(46)28-22-29(25(28)3)37(48)49/h24-30,33-34H,8-23,44H2,1-7H3,(H,45,50)(H,48,49). The van der Waals surface area contributed by atoms with Gasteiger partial charge in [0.1, 0.15) is 5.78 Å². The van der Waals surface area contributed by atoms with Gasteiger partial charge >= 0.3 is 5.97 Å². The third kappa shape index (κ3) is 5.26. The second-order valence-corrected chi connectivity index (χ2v) is 20.2. The van der Waals surface area contributed by atoms with Gasteiger partial charge in [0.25, 0.3) is 0 Å². The van der Waals surface area contributed by atoms with Gasteiger partial charge in [-0.2, -0.15) is 0 Å². The Morgan fingerprint density at radius 2 is 1.60 bits per heavy atom. The fourth-order valence-electron chi connectivity index (χ4n) is 14.5. The number of ketones is 2. The molecule has 7 aliphatic rings. The summed E-state index contributed by atoms with van der Waals surface area (Å²) in [6.45, 7) is 17.1. The quantitative estimate of drug-likeness (QED) is 0.226. The number of carbonyl (C=O) groups excluding carboxylic acids is 3. The van der Waals surface area contributed by atoms with Crippen molar-refractivity contribution in [1.29, 1.82) is 0 Å². The van der Waals surface area contributed by atoms with E-state index in [-0.39, 0.29) is 51.2 Å². The molecule has 50 heavy (non-hydrogen) atoms. The number of carboxylic acids is 1. The lowest BCUT2D eigenvalue weighted by molar-refractivity contribution is -0.193. The Balaban J connectivity index is 1.09. The first kappa shape index (κ1) is 36.3. The summed E-state index contributed by atoms with van der Waals surface area (Å²) in [7, 11) is 0. The molecule has 11 unspecified atom stereocenters. The van der Waals surface area contributed by atoms with E-state index < -0.39 is 11.5 Å². The topological polar surface area (TPSA) is 127 Å². The molecule has 7 rings (SSSR count). The van der Waals surface area contributed by atoms with Crippen LogP contribution in [0.25, 0.3) is 0 Å². The number of Topliss-reactive ketones (excluding diaryl/α,β-unsaturated/α-hetero) is 2. The molecule has 0 heterocycles. The molecule has 7 heteroatoms. The van der Waals surface area contributed by atoms with Crippen LogP contribution < -0.4 is 11.1 Å². The minimum absolute atomic E-state index is 0.0165. The van der Waals surface area contributed by atoms with Crippen molar-refractivity contribution in [3.8, 4) is 0 Å². The van der Waals surface area contributed by atoms with Crippen LogP contribution in [0.2, 0.25) is 0 Å². The zero-order chi connectivity index (χ0) is 36.2. The van der Waals surface area contributed by atoms with Crippen molar-refractivity contribution in [2.24, 2.45) is 80.7 Å². The van der Waals surface area contributed by atoms with E-state index in [1.54, 1.807) is 0 Å². The molecule has 0 bridgehead atoms. The summed E-state index contributed by atoms with van der Waals surface area (Å²) in [5.41, 5.74) is 8.61. The van der Waals surface area contributed by atoms with E-state index in [1.165, 1.54) is 31.3 Å². The first-order valence-corrected chi connectivity index (χ1v) is 20.5. The minimum Gasteiger partial charge on any atom is -0.481 e. The molecule has 7 nitrogen and oxygen atoms in total. The van der Waals surface area contributed by atoms with Gasteiger partial charge in [-0.25, -0.2) is 0 Å². The summed E-state index contributed by atoms with van der Waals surface area (Å²) in [5.74, 6) is 2.14. The normalized spacial score (nSPS) is 44.2. The Morgan fingerprint density at radius 1 is 0.900 bits per heavy atom. The van der Waals surface area contributed by atoms with Crippen molar-refractivity contribution in [2.45, 2.75) is 150 Å². The summed E-state index contributed by atoms with van der Waals surface area (Å²) in [4.78, 5) is 51.9. The second kappa shape index (κ2) is 12.3. The molecular weight excluding hydrogens is 624 g/mol. The highest BCUT2D eigenvalue weighted by Gasteiger charge is 2.66. The highest BCUT2D eigenvalue weighted by Crippen LogP contribution is 2.74. The van der Waals surface area contributed by atoms with Gasteiger partial charge in [-0.05, 0) is 147 Å². The second-order valence-electron chi connectivity index (χ2n) is 20.2. The fraction of sp³-hybridized carbons (Fsp3) is 0.860. The van der Waals surface area contributed by atoms with Crippen LogP contribution in [0, 0.1) is 74.9 Å². The number of fused-ring (bicyclic) bond motifs is 7. The third-order valence-electron chi connectivity index (χ3n) is 17.5. The summed E-state index contributed by atoms with van der Waals surface area (Å²) in [6, 6.07) is 0. The smallest absolute Gasteiger partial charge is 0.306 e. The number of nitrogens with two attached hydrogens (primary N) is 1. The molecule has 7 aliphatic carbocycles. The molecule has 0 saturated heterocycles. The lowest BCUT2D eigenvalue weighted by atomic mass is 9.35. The van der Waals surface area contributed by atoms with E-state index in [9.17, 15) is 24.3 Å². The first-order chi connectivity index (χ1) is 23.4. The summed E-state index contributed by atoms with van der Waals surface area (Å²) >= 11 is 0. The van der Waals surface area contributed by atoms with Gasteiger partial charge < -0.3 is 16.2 Å². The zero-order valence-corrected chi connectivity index (χ0v) is 32.2. The molecule has 6 fully saturated rings. The minimum atomic E-state index is -0.757. The van der Waals surface area contributed by atoms with E-state index in [1.807, 2.05) is 6.92 Å². The van der Waals surface area contributed by atoms with Crippen LogP contribution in [0.15, 0.2) is 11.1 Å². The van der Waals surface area contributed by atoms with Crippen LogP contribution in [0.3, 0.4) is 0 Å². The van der Waals surface area contributed by atoms with Crippen LogP contribution in [0.1, 0.15) is 145 Å². The number of carbonyl (C=O) groups is 4. The summed E-state index contributed by atoms with van der Waals surface area (Å²) in [6.07, 6.45) is 14.3. The van der Waals surface area contributed by atoms with Crippen LogP contribution in [-0.4, -0.2) is 40.6 Å². The molecule has 6 saturated carbocycles. The molecule has 0 aromatic rings. The Morgan fingerprint density at radius 3 is 2.22 bits per heavy atom. The van der Waals surface area contributed by atoms with Gasteiger partial charge in [0.15, 0.2) is 5.78 Å². The SMILES string of the molecule is CC(C)C1=C2C3CCC4C(C)(CCC5C(C)(C)C(CC(=O)C6CC(C(=O)O)C6C)CCC54C)C3CCC2(CCNC(=O)C2(N)CCC2)CC1=O. The Kier molecular flexibility index (Phi) is 8.92. The lowest BCUT2D eigenvalue weighted by Gasteiger charge is -2.69. The van der Waals surface area contributed by atoms with Crippen molar-refractivity contribution in [3.05, 3.63) is 11.1 Å². The number of nitrogens with one attached hydrogen (secondary N) is 1. The van der Waals surface area contributed by atoms with Gasteiger partial charge in [-0.3, -0.25) is 19.2 Å². The Bertz CT molecular complexity index is 1470. The molecule has 1 amide bonds. The molecule has 0 spiro atoms. The van der Waals surface area contributed by atoms with E-state index >= 15 is 0 Å². The highest BCUT2D eigenvalue weighted by atomic mass is 16.4. The van der Waals surface area contributed by atoms with E-state index in [2.05, 4.69) is 46.9 Å². The summed E-state index contributed by atoms with van der Waals surface area (Å²) in [5, 5.41) is 12.7. The number of rotatable bonds is 9. The van der Waals surface area contributed by atoms with Crippen LogP contribution in [0.5, 0.6) is 0 Å². The molecule has 0 radical (unpaired) electrons. The maximum Gasteiger partial charge on any atom is 0.306 e. The van der Waals surface area contributed by atoms with Gasteiger partial charge in [0.05, 0.1) is 11.5 Å². The van der Waals surface area contributed by atoms with Crippen molar-refractivity contribution in [3.63, 3.8) is 0 Å². The predicted octanol–water partition coefficient (Wildman–Crippen LogP) is 7.90. The van der Waals surface area contributed by atoms with Crippen LogP contribution >= 0.6 is 0 Å². The lowest BCUT2D eigenvalue weighted by Crippen LogP contribution is -2.62. The Hall–Kier alpha value is -2.02. The molecule has 278 valence electrons. The Labute approximate surface area is 301 Å². The maximum atomic E-state index is 13.9. The van der Waals surface area contributed by atoms with Crippen molar-refractivity contribution in [2.75, 3.05) is 6.54 Å². The average molecular weight is 691 g/mol. The molecular formula is C43H66N2O5. The largest absolute Gasteiger partial charge is 0.481 e. The van der Waals surface area contributed by atoms with E-state index in [0.29, 0.717) is 67.0 Å². The molecule has 0 aromatic heterocycles. The van der Waals surface area contributed by atoms with Gasteiger partial charge in [0.2, 0.25) is 5.91 Å². The number of carboxylic acid groups (broad SMARTS) is 1. The van der Waals surface area contributed by atoms with E-state index in [0.717, 1.165) is 56.9 Å². The maximum absolute atomic E-state index is 13.9. The number of amides is 1. The molecule has 0 aliphatic heterocycles. The van der Waals surface area contributed by atoms with Crippen molar-refractivity contribution in [1.82, 2.24) is 5.32 Å². The van der Waals surface area contributed by atoms with Crippen LogP contribution in [-0.2, 0) is 19.2 Å². The number of hydrogen-bond acceptors (Lipinski definition) is 5. The van der Waals surface area contributed by atoms with E-state index in [4.69, 9.17) is 5.73 Å². The zero-order valence-electron chi connectivity index (χ0n) is 32.2. The van der Waals surface area contributed by atoms with Crippen LogP contribution in [0.4, 0.5) is 0 Å². The van der Waals surface area contributed by atoms with Gasteiger partial charge in [-0.15, -0.1) is 0 Å². The fourth-order valence-corrected chi connectivity index (χ4v) is 14.5. The predicted molar refractivity (Wildman–Crippen MR) is 195 cm³/mol. The first-order valence-electron chi connectivity index (χ1n) is 20.5. The monoisotopic (exact) mass is 690 g/mol. The van der Waals surface area contributed by atoms with Crippen molar-refractivity contribution < 1.29 is 24.3 Å². The molecule has 11 atom stereocenters. The number of aliphatic carboxylic acids is 1. The molecule has 0 aromatic carbocycles. The molecule has 4 N–H and O–H groups in total. The summed E-state index contributed by atoms with van der Waals surface area (Å²) < 4.78 is 0. The third-order valence-corrected chi connectivity index (χ3v) is 17.5. The number of hydrogen-bond donors (Lipinski definition) is 3. The average Bonchev–Trinajstić information content (AvgIpc) is 3.32. The number of allylic oxidation sites excluding steroid dienone is 2. The van der Waals surface area contributed by atoms with Gasteiger partial charge in [0, 0.05) is 30.7 Å². The van der Waals surface area contributed by atoms with Gasteiger partial charge in [-0.1, -0.05) is 54.0 Å².